The van der Waals surface area contributed by atoms with Crippen LogP contribution in [-0.2, 0) is 0 Å². The number of ether oxygens (including phenoxy) is 2. The standard InChI is InChI=1S/C12H16O2/c1-8-5-6-10-11(7-8)14-12(3,4)9(2)13-10/h5-7,9H,1-4H3. The van der Waals surface area contributed by atoms with Crippen molar-refractivity contribution in [2.75, 3.05) is 0 Å². The SMILES string of the molecule is Cc1ccc2c(c1)OC(C)(C)C(C)O2. The molecule has 1 aromatic rings. The molecule has 76 valence electrons. The first-order valence-electron chi connectivity index (χ1n) is 4.95. The largest absolute Gasteiger partial charge is 0.483 e. The van der Waals surface area contributed by atoms with Gasteiger partial charge in [0.1, 0.15) is 11.7 Å². The maximum absolute atomic E-state index is 5.89. The van der Waals surface area contributed by atoms with E-state index in [-0.39, 0.29) is 11.7 Å². The summed E-state index contributed by atoms with van der Waals surface area (Å²) in [5, 5.41) is 0. The van der Waals surface area contributed by atoms with E-state index >= 15 is 0 Å². The van der Waals surface area contributed by atoms with E-state index in [2.05, 4.69) is 6.92 Å². The molecule has 0 aliphatic carbocycles. The van der Waals surface area contributed by atoms with Gasteiger partial charge in [-0.2, -0.15) is 0 Å². The highest BCUT2D eigenvalue weighted by molar-refractivity contribution is 5.44. The molecule has 0 saturated heterocycles. The molecule has 0 fully saturated rings. The summed E-state index contributed by atoms with van der Waals surface area (Å²) in [6.45, 7) is 8.17. The molecule has 1 aromatic carbocycles. The van der Waals surface area contributed by atoms with Gasteiger partial charge in [-0.1, -0.05) is 6.07 Å². The summed E-state index contributed by atoms with van der Waals surface area (Å²) >= 11 is 0. The monoisotopic (exact) mass is 192 g/mol. The first-order chi connectivity index (χ1) is 6.49. The Labute approximate surface area is 84.8 Å². The highest BCUT2D eigenvalue weighted by Gasteiger charge is 2.35. The van der Waals surface area contributed by atoms with Crippen molar-refractivity contribution in [3.63, 3.8) is 0 Å². The highest BCUT2D eigenvalue weighted by Crippen LogP contribution is 2.38. The zero-order valence-corrected chi connectivity index (χ0v) is 9.13. The van der Waals surface area contributed by atoms with Crippen LogP contribution in [0.3, 0.4) is 0 Å². The third-order valence-corrected chi connectivity index (χ3v) is 2.75. The van der Waals surface area contributed by atoms with Crippen LogP contribution >= 0.6 is 0 Å². The molecule has 0 saturated carbocycles. The molecule has 2 nitrogen and oxygen atoms in total. The van der Waals surface area contributed by atoms with Gasteiger partial charge in [0, 0.05) is 0 Å². The number of hydrogen-bond acceptors (Lipinski definition) is 2. The molecule has 0 N–H and O–H groups in total. The maximum Gasteiger partial charge on any atom is 0.162 e. The summed E-state index contributed by atoms with van der Waals surface area (Å²) in [6, 6.07) is 6.02. The smallest absolute Gasteiger partial charge is 0.162 e. The van der Waals surface area contributed by atoms with E-state index in [0.717, 1.165) is 11.5 Å². The summed E-state index contributed by atoms with van der Waals surface area (Å²) in [4.78, 5) is 0. The van der Waals surface area contributed by atoms with E-state index in [1.165, 1.54) is 5.56 Å². The van der Waals surface area contributed by atoms with Crippen molar-refractivity contribution in [1.29, 1.82) is 0 Å². The zero-order valence-electron chi connectivity index (χ0n) is 9.13. The molecule has 0 amide bonds. The van der Waals surface area contributed by atoms with Crippen LogP contribution in [0, 0.1) is 6.92 Å². The van der Waals surface area contributed by atoms with E-state index in [1.807, 2.05) is 39.0 Å². The Hall–Kier alpha value is -1.18. The maximum atomic E-state index is 5.89. The third kappa shape index (κ3) is 1.45. The van der Waals surface area contributed by atoms with Gasteiger partial charge in [-0.15, -0.1) is 0 Å². The molecule has 2 rings (SSSR count). The molecule has 0 bridgehead atoms. The Morgan fingerprint density at radius 2 is 1.93 bits per heavy atom. The fourth-order valence-corrected chi connectivity index (χ4v) is 1.49. The van der Waals surface area contributed by atoms with Gasteiger partial charge < -0.3 is 9.47 Å². The number of rotatable bonds is 0. The molecule has 1 aliphatic heterocycles. The minimum atomic E-state index is -0.249. The fourth-order valence-electron chi connectivity index (χ4n) is 1.49. The van der Waals surface area contributed by atoms with Crippen molar-refractivity contribution in [3.8, 4) is 11.5 Å². The second kappa shape index (κ2) is 2.91. The lowest BCUT2D eigenvalue weighted by molar-refractivity contribution is -0.0325. The van der Waals surface area contributed by atoms with Crippen molar-refractivity contribution in [2.45, 2.75) is 39.4 Å². The minimum absolute atomic E-state index is 0.0812. The molecule has 1 heterocycles. The Kier molecular flexibility index (Phi) is 1.95. The molecule has 14 heavy (non-hydrogen) atoms. The van der Waals surface area contributed by atoms with Crippen molar-refractivity contribution < 1.29 is 9.47 Å². The number of fused-ring (bicyclic) bond motifs is 1. The average molecular weight is 192 g/mol. The molecular weight excluding hydrogens is 176 g/mol. The lowest BCUT2D eigenvalue weighted by Gasteiger charge is -2.38. The summed E-state index contributed by atoms with van der Waals surface area (Å²) in [5.41, 5.74) is 0.943. The quantitative estimate of drug-likeness (QED) is 0.629. The van der Waals surface area contributed by atoms with Gasteiger partial charge in [-0.3, -0.25) is 0 Å². The normalized spacial score (nSPS) is 23.3. The van der Waals surface area contributed by atoms with Gasteiger partial charge >= 0.3 is 0 Å². The van der Waals surface area contributed by atoms with Gasteiger partial charge in [0.15, 0.2) is 11.5 Å². The Morgan fingerprint density at radius 1 is 1.21 bits per heavy atom. The number of hydrogen-bond donors (Lipinski definition) is 0. The third-order valence-electron chi connectivity index (χ3n) is 2.75. The predicted molar refractivity (Wildman–Crippen MR) is 56.0 cm³/mol. The highest BCUT2D eigenvalue weighted by atomic mass is 16.6. The molecule has 1 aliphatic rings. The van der Waals surface area contributed by atoms with Crippen molar-refractivity contribution in [3.05, 3.63) is 23.8 Å². The summed E-state index contributed by atoms with van der Waals surface area (Å²) < 4.78 is 11.7. The molecule has 1 unspecified atom stereocenters. The predicted octanol–water partition coefficient (Wildman–Crippen LogP) is 2.93. The van der Waals surface area contributed by atoms with Gasteiger partial charge in [-0.05, 0) is 45.4 Å². The Morgan fingerprint density at radius 3 is 2.64 bits per heavy atom. The van der Waals surface area contributed by atoms with E-state index in [9.17, 15) is 0 Å². The zero-order chi connectivity index (χ0) is 10.3. The lowest BCUT2D eigenvalue weighted by Crippen LogP contribution is -2.46. The van der Waals surface area contributed by atoms with E-state index in [4.69, 9.17) is 9.47 Å². The van der Waals surface area contributed by atoms with Crippen molar-refractivity contribution in [2.24, 2.45) is 0 Å². The molecular formula is C12H16O2. The van der Waals surface area contributed by atoms with Gasteiger partial charge in [0.2, 0.25) is 0 Å². The lowest BCUT2D eigenvalue weighted by atomic mass is 10.0. The van der Waals surface area contributed by atoms with Crippen LogP contribution in [0.1, 0.15) is 26.3 Å². The first kappa shape index (κ1) is 9.38. The fraction of sp³-hybridized carbons (Fsp3) is 0.500. The van der Waals surface area contributed by atoms with Crippen molar-refractivity contribution in [1.82, 2.24) is 0 Å². The number of aryl methyl sites for hydroxylation is 1. The van der Waals surface area contributed by atoms with Crippen LogP contribution in [0.4, 0.5) is 0 Å². The Balaban J connectivity index is 2.41. The summed E-state index contributed by atoms with van der Waals surface area (Å²) in [6.07, 6.45) is 0.0812. The molecule has 0 radical (unpaired) electrons. The van der Waals surface area contributed by atoms with Crippen LogP contribution < -0.4 is 9.47 Å². The van der Waals surface area contributed by atoms with E-state index in [0.29, 0.717) is 0 Å². The second-order valence-electron chi connectivity index (χ2n) is 4.42. The molecule has 0 aromatic heterocycles. The molecule has 0 spiro atoms. The average Bonchev–Trinajstić information content (AvgIpc) is 2.07. The van der Waals surface area contributed by atoms with Crippen LogP contribution in [0.25, 0.3) is 0 Å². The molecule has 1 atom stereocenters. The van der Waals surface area contributed by atoms with Gasteiger partial charge in [0.05, 0.1) is 0 Å². The van der Waals surface area contributed by atoms with Gasteiger partial charge in [0.25, 0.3) is 0 Å². The minimum Gasteiger partial charge on any atom is -0.483 e. The summed E-state index contributed by atoms with van der Waals surface area (Å²) in [5.74, 6) is 1.70. The van der Waals surface area contributed by atoms with Crippen LogP contribution in [-0.4, -0.2) is 11.7 Å². The van der Waals surface area contributed by atoms with Crippen LogP contribution in [0.2, 0.25) is 0 Å². The summed E-state index contributed by atoms with van der Waals surface area (Å²) in [7, 11) is 0. The first-order valence-corrected chi connectivity index (χ1v) is 4.95. The van der Waals surface area contributed by atoms with Gasteiger partial charge in [-0.25, -0.2) is 0 Å². The van der Waals surface area contributed by atoms with E-state index < -0.39 is 0 Å². The van der Waals surface area contributed by atoms with Crippen LogP contribution in [0.5, 0.6) is 11.5 Å². The second-order valence-corrected chi connectivity index (χ2v) is 4.42. The van der Waals surface area contributed by atoms with E-state index in [1.54, 1.807) is 0 Å². The van der Waals surface area contributed by atoms with Crippen LogP contribution in [0.15, 0.2) is 18.2 Å². The molecule has 2 heteroatoms. The topological polar surface area (TPSA) is 18.5 Å². The Bertz CT molecular complexity index is 355. The van der Waals surface area contributed by atoms with Crippen molar-refractivity contribution >= 4 is 0 Å². The number of benzene rings is 1.